The number of hydrogen-bond acceptors (Lipinski definition) is 3. The highest BCUT2D eigenvalue weighted by Gasteiger charge is 2.09. The molecule has 0 unspecified atom stereocenters. The predicted octanol–water partition coefficient (Wildman–Crippen LogP) is 1.92. The lowest BCUT2D eigenvalue weighted by Crippen LogP contribution is -2.40. The molecule has 1 heterocycles. The van der Waals surface area contributed by atoms with Gasteiger partial charge in [-0.1, -0.05) is 18.2 Å². The van der Waals surface area contributed by atoms with Crippen molar-refractivity contribution in [2.75, 3.05) is 40.8 Å². The summed E-state index contributed by atoms with van der Waals surface area (Å²) in [6.07, 6.45) is 2.79. The molecule has 2 rings (SSSR count). The lowest BCUT2D eigenvalue weighted by atomic mass is 10.1. The highest BCUT2D eigenvalue weighted by molar-refractivity contribution is 5.89. The monoisotopic (exact) mass is 371 g/mol. The fourth-order valence-corrected chi connectivity index (χ4v) is 2.60. The van der Waals surface area contributed by atoms with E-state index >= 15 is 0 Å². The molecular formula is C20H29N5O2. The van der Waals surface area contributed by atoms with Crippen LogP contribution < -0.4 is 15.4 Å². The number of ether oxygens (including phenoxy) is 1. The predicted molar refractivity (Wildman–Crippen MR) is 110 cm³/mol. The van der Waals surface area contributed by atoms with Crippen LogP contribution in [-0.2, 0) is 11.2 Å². The minimum absolute atomic E-state index is 0.0483. The van der Waals surface area contributed by atoms with Gasteiger partial charge < -0.3 is 25.3 Å². The first kappa shape index (κ1) is 20.4. The van der Waals surface area contributed by atoms with Crippen molar-refractivity contribution in [1.82, 2.24) is 20.5 Å². The van der Waals surface area contributed by atoms with E-state index in [2.05, 4.69) is 27.2 Å². The summed E-state index contributed by atoms with van der Waals surface area (Å²) in [5.41, 5.74) is 3.21. The summed E-state index contributed by atoms with van der Waals surface area (Å²) in [5, 5.41) is 7.57. The molecule has 0 radical (unpaired) electrons. The van der Waals surface area contributed by atoms with Gasteiger partial charge in [-0.2, -0.15) is 0 Å². The number of aromatic nitrogens is 1. The van der Waals surface area contributed by atoms with Crippen LogP contribution in [0, 0.1) is 0 Å². The smallest absolute Gasteiger partial charge is 0.243 e. The summed E-state index contributed by atoms with van der Waals surface area (Å²) >= 11 is 0. The van der Waals surface area contributed by atoms with Gasteiger partial charge in [0, 0.05) is 44.3 Å². The summed E-state index contributed by atoms with van der Waals surface area (Å²) in [4.78, 5) is 21.0. The number of aromatic amines is 1. The second-order valence-corrected chi connectivity index (χ2v) is 6.64. The quantitative estimate of drug-likeness (QED) is 0.376. The van der Waals surface area contributed by atoms with Gasteiger partial charge in [-0.3, -0.25) is 4.79 Å². The van der Waals surface area contributed by atoms with Crippen molar-refractivity contribution in [2.45, 2.75) is 13.3 Å². The Kier molecular flexibility index (Phi) is 7.28. The molecule has 0 aliphatic rings. The molecule has 1 amide bonds. The summed E-state index contributed by atoms with van der Waals surface area (Å²) in [7, 11) is 5.12. The molecule has 0 spiro atoms. The van der Waals surface area contributed by atoms with Crippen LogP contribution in [0.2, 0.25) is 0 Å². The second kappa shape index (κ2) is 9.66. The van der Waals surface area contributed by atoms with Crippen molar-refractivity contribution >= 4 is 22.8 Å². The van der Waals surface area contributed by atoms with Crippen molar-refractivity contribution in [2.24, 2.45) is 4.99 Å². The first-order valence-corrected chi connectivity index (χ1v) is 8.92. The molecule has 0 aliphatic heterocycles. The van der Waals surface area contributed by atoms with E-state index < -0.39 is 0 Å². The third-order valence-electron chi connectivity index (χ3n) is 4.08. The van der Waals surface area contributed by atoms with E-state index in [9.17, 15) is 4.79 Å². The van der Waals surface area contributed by atoms with Crippen LogP contribution in [0.1, 0.15) is 12.5 Å². The van der Waals surface area contributed by atoms with Crippen LogP contribution >= 0.6 is 0 Å². The molecule has 0 aliphatic carbocycles. The van der Waals surface area contributed by atoms with Gasteiger partial charge in [-0.05, 0) is 31.0 Å². The molecule has 0 atom stereocenters. The number of rotatable bonds is 8. The SMILES string of the molecule is C=C(C)CNC(=NCC(=O)N(C)C)NCCc1c[nH]c2cccc(OC)c12. The molecule has 3 N–H and O–H groups in total. The number of amides is 1. The van der Waals surface area contributed by atoms with Crippen molar-refractivity contribution in [3.63, 3.8) is 0 Å². The number of fused-ring (bicyclic) bond motifs is 1. The molecule has 0 saturated heterocycles. The molecule has 7 nitrogen and oxygen atoms in total. The third-order valence-corrected chi connectivity index (χ3v) is 4.08. The number of carbonyl (C=O) groups excluding carboxylic acids is 1. The number of nitrogens with zero attached hydrogens (tertiary/aromatic N) is 2. The zero-order valence-electron chi connectivity index (χ0n) is 16.6. The van der Waals surface area contributed by atoms with Crippen molar-refractivity contribution in [1.29, 1.82) is 0 Å². The van der Waals surface area contributed by atoms with Crippen molar-refractivity contribution in [3.05, 3.63) is 42.1 Å². The fourth-order valence-electron chi connectivity index (χ4n) is 2.60. The zero-order valence-corrected chi connectivity index (χ0v) is 16.6. The van der Waals surface area contributed by atoms with Gasteiger partial charge in [-0.25, -0.2) is 4.99 Å². The highest BCUT2D eigenvalue weighted by Crippen LogP contribution is 2.28. The minimum Gasteiger partial charge on any atom is -0.496 e. The Morgan fingerprint density at radius 2 is 2.11 bits per heavy atom. The molecule has 1 aromatic carbocycles. The van der Waals surface area contributed by atoms with Gasteiger partial charge in [0.05, 0.1) is 7.11 Å². The summed E-state index contributed by atoms with van der Waals surface area (Å²) < 4.78 is 5.48. The van der Waals surface area contributed by atoms with Gasteiger partial charge in [0.1, 0.15) is 12.3 Å². The lowest BCUT2D eigenvalue weighted by molar-refractivity contribution is -0.127. The number of likely N-dealkylation sites (N-methyl/N-ethyl adjacent to an activating group) is 1. The standard InChI is InChI=1S/C20H29N5O2/c1-14(2)11-23-20(24-13-18(26)25(3)4)21-10-9-15-12-22-16-7-6-8-17(27-5)19(15)16/h6-8,12,22H,1,9-11,13H2,2-5H3,(H2,21,23,24). The number of guanidine groups is 1. The largest absolute Gasteiger partial charge is 0.496 e. The fraction of sp³-hybridized carbons (Fsp3) is 0.400. The number of nitrogens with one attached hydrogen (secondary N) is 3. The summed E-state index contributed by atoms with van der Waals surface area (Å²) in [5.74, 6) is 1.41. The molecule has 0 bridgehead atoms. The zero-order chi connectivity index (χ0) is 19.8. The Bertz CT molecular complexity index is 823. The second-order valence-electron chi connectivity index (χ2n) is 6.64. The number of carbonyl (C=O) groups is 1. The Morgan fingerprint density at radius 1 is 1.33 bits per heavy atom. The topological polar surface area (TPSA) is 81.8 Å². The molecule has 1 aromatic heterocycles. The van der Waals surface area contributed by atoms with E-state index in [1.807, 2.05) is 31.3 Å². The molecule has 146 valence electrons. The average Bonchev–Trinajstić information content (AvgIpc) is 3.06. The van der Waals surface area contributed by atoms with E-state index in [1.165, 1.54) is 10.5 Å². The Morgan fingerprint density at radius 3 is 2.78 bits per heavy atom. The number of H-pyrrole nitrogens is 1. The molecule has 0 fully saturated rings. The van der Waals surface area contributed by atoms with Crippen LogP contribution in [-0.4, -0.2) is 62.6 Å². The lowest BCUT2D eigenvalue weighted by Gasteiger charge is -2.14. The third kappa shape index (κ3) is 5.77. The van der Waals surface area contributed by atoms with Gasteiger partial charge in [-0.15, -0.1) is 0 Å². The highest BCUT2D eigenvalue weighted by atomic mass is 16.5. The maximum absolute atomic E-state index is 11.8. The molecule has 7 heteroatoms. The summed E-state index contributed by atoms with van der Waals surface area (Å²) in [6, 6.07) is 5.96. The van der Waals surface area contributed by atoms with Crippen LogP contribution in [0.5, 0.6) is 5.75 Å². The van der Waals surface area contributed by atoms with Gasteiger partial charge in [0.15, 0.2) is 5.96 Å². The maximum Gasteiger partial charge on any atom is 0.243 e. The molecule has 0 saturated carbocycles. The first-order valence-electron chi connectivity index (χ1n) is 8.92. The maximum atomic E-state index is 11.8. The Balaban J connectivity index is 2.03. The molecule has 2 aromatic rings. The van der Waals surface area contributed by atoms with Gasteiger partial charge in [0.25, 0.3) is 0 Å². The summed E-state index contributed by atoms with van der Waals surface area (Å²) in [6.45, 7) is 7.19. The van der Waals surface area contributed by atoms with E-state index in [1.54, 1.807) is 21.2 Å². The normalized spacial score (nSPS) is 11.3. The van der Waals surface area contributed by atoms with Crippen LogP contribution in [0.25, 0.3) is 10.9 Å². The van der Waals surface area contributed by atoms with Crippen molar-refractivity contribution in [3.8, 4) is 5.75 Å². The van der Waals surface area contributed by atoms with E-state index in [4.69, 9.17) is 4.74 Å². The van der Waals surface area contributed by atoms with Crippen LogP contribution in [0.3, 0.4) is 0 Å². The number of benzene rings is 1. The van der Waals surface area contributed by atoms with E-state index in [0.717, 1.165) is 28.6 Å². The first-order chi connectivity index (χ1) is 12.9. The molecular weight excluding hydrogens is 342 g/mol. The van der Waals surface area contributed by atoms with Crippen LogP contribution in [0.15, 0.2) is 41.5 Å². The molecule has 27 heavy (non-hydrogen) atoms. The Labute approximate surface area is 160 Å². The van der Waals surface area contributed by atoms with E-state index in [-0.39, 0.29) is 12.5 Å². The number of hydrogen-bond donors (Lipinski definition) is 3. The van der Waals surface area contributed by atoms with E-state index in [0.29, 0.717) is 19.0 Å². The number of aliphatic imine (C=N–C) groups is 1. The minimum atomic E-state index is -0.0483. The van der Waals surface area contributed by atoms with Crippen molar-refractivity contribution < 1.29 is 9.53 Å². The van der Waals surface area contributed by atoms with Crippen LogP contribution in [0.4, 0.5) is 0 Å². The average molecular weight is 371 g/mol. The van der Waals surface area contributed by atoms with Gasteiger partial charge in [0.2, 0.25) is 5.91 Å². The number of methoxy groups -OCH3 is 1. The Hall–Kier alpha value is -2.96. The van der Waals surface area contributed by atoms with Gasteiger partial charge >= 0.3 is 0 Å².